The second kappa shape index (κ2) is 7.19. The predicted octanol–water partition coefficient (Wildman–Crippen LogP) is 2.33. The minimum Gasteiger partial charge on any atom is -0.392 e. The summed E-state index contributed by atoms with van der Waals surface area (Å²) in [7, 11) is -4.07. The van der Waals surface area contributed by atoms with E-state index in [0.29, 0.717) is 0 Å². The molecule has 0 heterocycles. The highest BCUT2D eigenvalue weighted by Gasteiger charge is 2.26. The minimum atomic E-state index is -4.27. The molecule has 0 atom stereocenters. The van der Waals surface area contributed by atoms with Crippen LogP contribution in [0.15, 0.2) is 23.1 Å². The van der Waals surface area contributed by atoms with Crippen molar-refractivity contribution < 1.29 is 31.1 Å². The fourth-order valence-corrected chi connectivity index (χ4v) is 2.96. The molecule has 0 saturated heterocycles. The standard InChI is InChI=1S/C12H15F4NO3S/c13-10-4-3-9(8-18)11(7-10)21(19,20)17-6-2-1-5-12(14,15)16/h3-4,7,17-18H,1-2,5-6,8H2. The molecule has 4 nitrogen and oxygen atoms in total. The molecule has 0 bridgehead atoms. The lowest BCUT2D eigenvalue weighted by atomic mass is 10.2. The van der Waals surface area contributed by atoms with E-state index in [4.69, 9.17) is 5.11 Å². The Morgan fingerprint density at radius 2 is 1.86 bits per heavy atom. The molecule has 0 saturated carbocycles. The van der Waals surface area contributed by atoms with Gasteiger partial charge in [0.2, 0.25) is 10.0 Å². The van der Waals surface area contributed by atoms with Crippen LogP contribution in [0, 0.1) is 5.82 Å². The van der Waals surface area contributed by atoms with Gasteiger partial charge in [0.1, 0.15) is 5.82 Å². The minimum absolute atomic E-state index is 0.00249. The Hall–Kier alpha value is -1.19. The second-order valence-corrected chi connectivity index (χ2v) is 6.12. The maximum Gasteiger partial charge on any atom is 0.389 e. The highest BCUT2D eigenvalue weighted by atomic mass is 32.2. The van der Waals surface area contributed by atoms with Crippen molar-refractivity contribution in [1.29, 1.82) is 0 Å². The van der Waals surface area contributed by atoms with Gasteiger partial charge in [-0.05, 0) is 30.5 Å². The Morgan fingerprint density at radius 3 is 2.43 bits per heavy atom. The molecule has 0 aromatic heterocycles. The summed E-state index contributed by atoms with van der Waals surface area (Å²) in [5.74, 6) is -0.787. The summed E-state index contributed by atoms with van der Waals surface area (Å²) in [6.07, 6.45) is -5.47. The van der Waals surface area contributed by atoms with Gasteiger partial charge in [-0.25, -0.2) is 17.5 Å². The average Bonchev–Trinajstić information content (AvgIpc) is 2.36. The van der Waals surface area contributed by atoms with Crippen LogP contribution in [-0.2, 0) is 16.6 Å². The average molecular weight is 329 g/mol. The lowest BCUT2D eigenvalue weighted by Crippen LogP contribution is -2.26. The fourth-order valence-electron chi connectivity index (χ4n) is 1.64. The third kappa shape index (κ3) is 5.98. The molecule has 0 fully saturated rings. The summed E-state index contributed by atoms with van der Waals surface area (Å²) in [4.78, 5) is -0.416. The van der Waals surface area contributed by atoms with E-state index < -0.39 is 39.9 Å². The first-order valence-electron chi connectivity index (χ1n) is 6.11. The molecular formula is C12H15F4NO3S. The largest absolute Gasteiger partial charge is 0.392 e. The Morgan fingerprint density at radius 1 is 1.19 bits per heavy atom. The first-order valence-corrected chi connectivity index (χ1v) is 7.60. The third-order valence-corrected chi connectivity index (χ3v) is 4.21. The van der Waals surface area contributed by atoms with Crippen LogP contribution in [0.4, 0.5) is 17.6 Å². The molecule has 1 aromatic carbocycles. The topological polar surface area (TPSA) is 66.4 Å². The molecule has 1 rings (SSSR count). The molecule has 0 spiro atoms. The molecule has 9 heteroatoms. The predicted molar refractivity (Wildman–Crippen MR) is 67.4 cm³/mol. The first-order chi connectivity index (χ1) is 9.65. The number of nitrogens with one attached hydrogen (secondary N) is 1. The van der Waals surface area contributed by atoms with E-state index in [1.807, 2.05) is 0 Å². The summed E-state index contributed by atoms with van der Waals surface area (Å²) < 4.78 is 74.8. The van der Waals surface area contributed by atoms with Gasteiger partial charge in [0.15, 0.2) is 0 Å². The Kier molecular flexibility index (Phi) is 6.11. The number of aliphatic hydroxyl groups excluding tert-OH is 1. The van der Waals surface area contributed by atoms with Crippen LogP contribution in [0.5, 0.6) is 0 Å². The van der Waals surface area contributed by atoms with Gasteiger partial charge < -0.3 is 5.11 Å². The molecule has 1 aromatic rings. The summed E-state index contributed by atoms with van der Waals surface area (Å²) in [5.41, 5.74) is 0.0131. The molecule has 0 aliphatic rings. The number of sulfonamides is 1. The van der Waals surface area contributed by atoms with Crippen molar-refractivity contribution in [3.63, 3.8) is 0 Å². The molecule has 2 N–H and O–H groups in total. The Bertz CT molecular complexity index is 572. The van der Waals surface area contributed by atoms with E-state index in [0.717, 1.165) is 18.2 Å². The highest BCUT2D eigenvalue weighted by Crippen LogP contribution is 2.22. The van der Waals surface area contributed by atoms with Gasteiger partial charge >= 0.3 is 6.18 Å². The maximum atomic E-state index is 13.1. The third-order valence-electron chi connectivity index (χ3n) is 2.67. The van der Waals surface area contributed by atoms with E-state index in [-0.39, 0.29) is 24.9 Å². The SMILES string of the molecule is O=S(=O)(NCCCCC(F)(F)F)c1cc(F)ccc1CO. The summed E-state index contributed by atoms with van der Waals surface area (Å²) in [5, 5.41) is 9.03. The molecule has 0 amide bonds. The van der Waals surface area contributed by atoms with Crippen LogP contribution in [-0.4, -0.2) is 26.2 Å². The van der Waals surface area contributed by atoms with Crippen molar-refractivity contribution in [2.24, 2.45) is 0 Å². The van der Waals surface area contributed by atoms with Gasteiger partial charge in [-0.3, -0.25) is 0 Å². The van der Waals surface area contributed by atoms with Crippen LogP contribution in [0.3, 0.4) is 0 Å². The van der Waals surface area contributed by atoms with Gasteiger partial charge in [-0.1, -0.05) is 6.07 Å². The molecule has 0 unspecified atom stereocenters. The van der Waals surface area contributed by atoms with Crippen molar-refractivity contribution in [1.82, 2.24) is 4.72 Å². The number of aliphatic hydroxyl groups is 1. The molecule has 21 heavy (non-hydrogen) atoms. The summed E-state index contributed by atoms with van der Waals surface area (Å²) in [6, 6.07) is 2.89. The van der Waals surface area contributed by atoms with Gasteiger partial charge in [-0.15, -0.1) is 0 Å². The quantitative estimate of drug-likeness (QED) is 0.596. The maximum absolute atomic E-state index is 13.1. The molecule has 120 valence electrons. The monoisotopic (exact) mass is 329 g/mol. The van der Waals surface area contributed by atoms with Crippen molar-refractivity contribution in [2.75, 3.05) is 6.54 Å². The smallest absolute Gasteiger partial charge is 0.389 e. The number of benzene rings is 1. The number of halogens is 4. The van der Waals surface area contributed by atoms with E-state index >= 15 is 0 Å². The van der Waals surface area contributed by atoms with Crippen molar-refractivity contribution in [3.05, 3.63) is 29.6 Å². The fraction of sp³-hybridized carbons (Fsp3) is 0.500. The number of hydrogen-bond donors (Lipinski definition) is 2. The molecular weight excluding hydrogens is 314 g/mol. The molecule has 0 aliphatic carbocycles. The first kappa shape index (κ1) is 17.9. The van der Waals surface area contributed by atoms with Crippen LogP contribution in [0.1, 0.15) is 24.8 Å². The van der Waals surface area contributed by atoms with Crippen molar-refractivity contribution in [3.8, 4) is 0 Å². The molecule has 0 radical (unpaired) electrons. The van der Waals surface area contributed by atoms with Crippen LogP contribution >= 0.6 is 0 Å². The van der Waals surface area contributed by atoms with Gasteiger partial charge in [-0.2, -0.15) is 13.2 Å². The molecule has 0 aliphatic heterocycles. The zero-order valence-electron chi connectivity index (χ0n) is 11.0. The van der Waals surface area contributed by atoms with E-state index in [2.05, 4.69) is 4.72 Å². The lowest BCUT2D eigenvalue weighted by molar-refractivity contribution is -0.135. The summed E-state index contributed by atoms with van der Waals surface area (Å²) >= 11 is 0. The number of unbranched alkanes of at least 4 members (excludes halogenated alkanes) is 1. The normalized spacial score (nSPS) is 12.6. The van der Waals surface area contributed by atoms with E-state index in [1.54, 1.807) is 0 Å². The lowest BCUT2D eigenvalue weighted by Gasteiger charge is -2.11. The van der Waals surface area contributed by atoms with Crippen molar-refractivity contribution in [2.45, 2.75) is 36.9 Å². The van der Waals surface area contributed by atoms with E-state index in [1.165, 1.54) is 0 Å². The van der Waals surface area contributed by atoms with Crippen molar-refractivity contribution >= 4 is 10.0 Å². The van der Waals surface area contributed by atoms with Gasteiger partial charge in [0, 0.05) is 13.0 Å². The second-order valence-electron chi connectivity index (χ2n) is 4.38. The van der Waals surface area contributed by atoms with Crippen LogP contribution in [0.2, 0.25) is 0 Å². The van der Waals surface area contributed by atoms with Gasteiger partial charge in [0.25, 0.3) is 0 Å². The van der Waals surface area contributed by atoms with Crippen LogP contribution < -0.4 is 4.72 Å². The number of hydrogen-bond acceptors (Lipinski definition) is 3. The zero-order valence-corrected chi connectivity index (χ0v) is 11.8. The van der Waals surface area contributed by atoms with E-state index in [9.17, 15) is 26.0 Å². The number of rotatable bonds is 7. The Labute approximate surface area is 119 Å². The van der Waals surface area contributed by atoms with Crippen LogP contribution in [0.25, 0.3) is 0 Å². The number of alkyl halides is 3. The summed E-state index contributed by atoms with van der Waals surface area (Å²) in [6.45, 7) is -0.787. The van der Waals surface area contributed by atoms with Gasteiger partial charge in [0.05, 0.1) is 11.5 Å². The zero-order chi connectivity index (χ0) is 16.1. The highest BCUT2D eigenvalue weighted by molar-refractivity contribution is 7.89. The Balaban J connectivity index is 2.64.